The Balaban J connectivity index is 2.88. The smallest absolute Gasteiger partial charge is 0.173 e. The highest BCUT2D eigenvalue weighted by atomic mass is 32.1. The highest BCUT2D eigenvalue weighted by Crippen LogP contribution is 2.23. The lowest BCUT2D eigenvalue weighted by molar-refractivity contribution is 0.427. The van der Waals surface area contributed by atoms with E-state index < -0.39 is 0 Å². The Hall–Kier alpha value is -0.610. The summed E-state index contributed by atoms with van der Waals surface area (Å²) in [5.74, 6) is 0. The number of hydrogen-bond donors (Lipinski definition) is 1. The quantitative estimate of drug-likeness (QED) is 0.686. The zero-order valence-electron chi connectivity index (χ0n) is 5.46. The monoisotopic (exact) mass is 173 g/mol. The molecule has 0 bridgehead atoms. The van der Waals surface area contributed by atoms with Crippen molar-refractivity contribution < 1.29 is 4.74 Å². The van der Waals surface area contributed by atoms with Crippen LogP contribution in [0.25, 0.3) is 0 Å². The molecule has 10 heavy (non-hydrogen) atoms. The summed E-state index contributed by atoms with van der Waals surface area (Å²) in [6.45, 7) is 0. The lowest BCUT2D eigenvalue weighted by Gasteiger charge is -1.89. The van der Waals surface area contributed by atoms with Gasteiger partial charge in [0.1, 0.15) is 4.99 Å². The first-order chi connectivity index (χ1) is 4.74. The van der Waals surface area contributed by atoms with Gasteiger partial charge in [0, 0.05) is 0 Å². The van der Waals surface area contributed by atoms with Crippen molar-refractivity contribution in [3.8, 4) is 5.06 Å². The van der Waals surface area contributed by atoms with Crippen molar-refractivity contribution in [2.45, 2.75) is 0 Å². The zero-order chi connectivity index (χ0) is 7.56. The van der Waals surface area contributed by atoms with Gasteiger partial charge in [0.15, 0.2) is 5.06 Å². The molecule has 0 aliphatic heterocycles. The zero-order valence-corrected chi connectivity index (χ0v) is 7.09. The Kier molecular flexibility index (Phi) is 2.24. The molecule has 0 amide bonds. The Bertz CT molecular complexity index is 244. The second-order valence-corrected chi connectivity index (χ2v) is 3.17. The van der Waals surface area contributed by atoms with Crippen molar-refractivity contribution in [2.75, 3.05) is 7.11 Å². The van der Waals surface area contributed by atoms with E-state index in [1.165, 1.54) is 11.3 Å². The van der Waals surface area contributed by atoms with Crippen LogP contribution < -0.4 is 10.5 Å². The summed E-state index contributed by atoms with van der Waals surface area (Å²) in [6, 6.07) is 3.70. The molecule has 0 radical (unpaired) electrons. The molecule has 0 aliphatic carbocycles. The minimum atomic E-state index is 0.424. The van der Waals surface area contributed by atoms with Crippen LogP contribution in [0.5, 0.6) is 5.06 Å². The van der Waals surface area contributed by atoms with Crippen LogP contribution >= 0.6 is 23.6 Å². The number of thiocarbonyl (C=S) groups is 1. The normalized spacial score (nSPS) is 9.30. The first-order valence-corrected chi connectivity index (χ1v) is 3.90. The van der Waals surface area contributed by atoms with E-state index in [1.807, 2.05) is 12.1 Å². The van der Waals surface area contributed by atoms with Crippen molar-refractivity contribution in [1.82, 2.24) is 0 Å². The van der Waals surface area contributed by atoms with Gasteiger partial charge in [0.2, 0.25) is 0 Å². The minimum absolute atomic E-state index is 0.424. The van der Waals surface area contributed by atoms with E-state index >= 15 is 0 Å². The lowest BCUT2D eigenvalue weighted by Crippen LogP contribution is -2.06. The van der Waals surface area contributed by atoms with E-state index in [2.05, 4.69) is 0 Å². The molecule has 1 heterocycles. The highest BCUT2D eigenvalue weighted by Gasteiger charge is 2.00. The first kappa shape index (κ1) is 7.50. The molecule has 54 valence electrons. The third-order valence-corrected chi connectivity index (χ3v) is 2.45. The van der Waals surface area contributed by atoms with Crippen molar-refractivity contribution in [3.05, 3.63) is 17.0 Å². The van der Waals surface area contributed by atoms with Gasteiger partial charge in [-0.2, -0.15) is 0 Å². The van der Waals surface area contributed by atoms with Gasteiger partial charge >= 0.3 is 0 Å². The predicted molar refractivity (Wildman–Crippen MR) is 46.8 cm³/mol. The third-order valence-electron chi connectivity index (χ3n) is 1.03. The molecule has 1 aromatic rings. The summed E-state index contributed by atoms with van der Waals surface area (Å²) >= 11 is 6.21. The maximum atomic E-state index is 5.37. The Morgan fingerprint density at radius 1 is 1.70 bits per heavy atom. The Morgan fingerprint density at radius 3 is 2.70 bits per heavy atom. The van der Waals surface area contributed by atoms with Crippen molar-refractivity contribution >= 4 is 28.5 Å². The topological polar surface area (TPSA) is 35.2 Å². The average Bonchev–Trinajstić information content (AvgIpc) is 2.34. The molecular weight excluding hydrogens is 166 g/mol. The molecule has 0 fully saturated rings. The number of rotatable bonds is 2. The van der Waals surface area contributed by atoms with Crippen molar-refractivity contribution in [3.63, 3.8) is 0 Å². The van der Waals surface area contributed by atoms with Gasteiger partial charge in [0.05, 0.1) is 12.0 Å². The summed E-state index contributed by atoms with van der Waals surface area (Å²) in [7, 11) is 1.62. The highest BCUT2D eigenvalue weighted by molar-refractivity contribution is 7.81. The van der Waals surface area contributed by atoms with E-state index in [9.17, 15) is 0 Å². The van der Waals surface area contributed by atoms with Gasteiger partial charge in [-0.1, -0.05) is 23.6 Å². The Labute approximate surface area is 68.6 Å². The van der Waals surface area contributed by atoms with Gasteiger partial charge < -0.3 is 10.5 Å². The van der Waals surface area contributed by atoms with E-state index in [0.29, 0.717) is 4.99 Å². The van der Waals surface area contributed by atoms with Crippen molar-refractivity contribution in [2.24, 2.45) is 5.73 Å². The Morgan fingerprint density at radius 2 is 2.40 bits per heavy atom. The summed E-state index contributed by atoms with van der Waals surface area (Å²) in [5, 5.41) is 0.836. The fourth-order valence-corrected chi connectivity index (χ4v) is 1.43. The molecule has 2 N–H and O–H groups in total. The van der Waals surface area contributed by atoms with E-state index in [1.54, 1.807) is 7.11 Å². The molecule has 4 heteroatoms. The second-order valence-electron chi connectivity index (χ2n) is 1.69. The number of ether oxygens (including phenoxy) is 1. The summed E-state index contributed by atoms with van der Waals surface area (Å²) < 4.78 is 4.95. The molecule has 1 aromatic heterocycles. The maximum absolute atomic E-state index is 5.37. The van der Waals surface area contributed by atoms with Gasteiger partial charge in [-0.3, -0.25) is 0 Å². The number of methoxy groups -OCH3 is 1. The molecule has 0 spiro atoms. The van der Waals surface area contributed by atoms with E-state index in [4.69, 9.17) is 22.7 Å². The number of hydrogen-bond acceptors (Lipinski definition) is 3. The van der Waals surface area contributed by atoms with Crippen LogP contribution in [-0.4, -0.2) is 12.1 Å². The second kappa shape index (κ2) is 2.98. The van der Waals surface area contributed by atoms with Crippen LogP contribution in [0.3, 0.4) is 0 Å². The largest absolute Gasteiger partial charge is 0.487 e. The maximum Gasteiger partial charge on any atom is 0.173 e. The summed E-state index contributed by atoms with van der Waals surface area (Å²) in [4.78, 5) is 1.32. The summed E-state index contributed by atoms with van der Waals surface area (Å²) in [6.07, 6.45) is 0. The standard InChI is InChI=1S/C6H7NOS2/c1-8-5-3-2-4(10-5)6(7)9/h2-3H,1H3,(H2,7,9). The molecule has 0 saturated heterocycles. The van der Waals surface area contributed by atoms with E-state index in [0.717, 1.165) is 9.94 Å². The lowest BCUT2D eigenvalue weighted by atomic mass is 10.5. The molecule has 2 nitrogen and oxygen atoms in total. The molecular formula is C6H7NOS2. The molecule has 0 aliphatic rings. The molecule has 0 atom stereocenters. The van der Waals surface area contributed by atoms with Crippen LogP contribution in [0.15, 0.2) is 12.1 Å². The van der Waals surface area contributed by atoms with Gasteiger partial charge in [-0.15, -0.1) is 0 Å². The van der Waals surface area contributed by atoms with Crippen LogP contribution in [0.4, 0.5) is 0 Å². The number of thiophene rings is 1. The molecule has 0 saturated carbocycles. The van der Waals surface area contributed by atoms with Crippen LogP contribution in [-0.2, 0) is 0 Å². The van der Waals surface area contributed by atoms with Gasteiger partial charge in [-0.05, 0) is 12.1 Å². The fraction of sp³-hybridized carbons (Fsp3) is 0.167. The van der Waals surface area contributed by atoms with E-state index in [-0.39, 0.29) is 0 Å². The van der Waals surface area contributed by atoms with Crippen molar-refractivity contribution in [1.29, 1.82) is 0 Å². The number of nitrogens with two attached hydrogens (primary N) is 1. The molecule has 1 rings (SSSR count). The minimum Gasteiger partial charge on any atom is -0.487 e. The average molecular weight is 173 g/mol. The van der Waals surface area contributed by atoms with Gasteiger partial charge in [-0.25, -0.2) is 0 Å². The predicted octanol–water partition coefficient (Wildman–Crippen LogP) is 1.39. The van der Waals surface area contributed by atoms with Gasteiger partial charge in [0.25, 0.3) is 0 Å². The van der Waals surface area contributed by atoms with Crippen LogP contribution in [0.2, 0.25) is 0 Å². The molecule has 0 unspecified atom stereocenters. The SMILES string of the molecule is COc1ccc(C(N)=S)s1. The summed E-state index contributed by atoms with van der Waals surface area (Å²) in [5.41, 5.74) is 5.37. The van der Waals surface area contributed by atoms with Crippen LogP contribution in [0.1, 0.15) is 4.88 Å². The first-order valence-electron chi connectivity index (χ1n) is 2.67. The van der Waals surface area contributed by atoms with Crippen LogP contribution in [0, 0.1) is 0 Å². The third kappa shape index (κ3) is 1.46. The fourth-order valence-electron chi connectivity index (χ4n) is 0.562. The molecule has 0 aromatic carbocycles.